The van der Waals surface area contributed by atoms with E-state index in [0.717, 1.165) is 5.01 Å². The molecule has 0 radical (unpaired) electrons. The third kappa shape index (κ3) is 3.33. The first kappa shape index (κ1) is 16.9. The van der Waals surface area contributed by atoms with Crippen molar-refractivity contribution in [2.45, 2.75) is 0 Å². The molecule has 9 heteroatoms. The second-order valence-electron chi connectivity index (χ2n) is 5.08. The predicted octanol–water partition coefficient (Wildman–Crippen LogP) is 3.36. The van der Waals surface area contributed by atoms with Gasteiger partial charge in [-0.25, -0.2) is 5.01 Å². The molecule has 2 aromatic rings. The van der Waals surface area contributed by atoms with Crippen LogP contribution in [0.15, 0.2) is 48.0 Å². The van der Waals surface area contributed by atoms with Crippen LogP contribution in [-0.4, -0.2) is 16.7 Å². The normalized spacial score (nSPS) is 15.6. The summed E-state index contributed by atoms with van der Waals surface area (Å²) < 4.78 is 0. The van der Waals surface area contributed by atoms with E-state index < -0.39 is 16.7 Å². The standard InChI is InChI=1S/C16H9Cl2N3O4/c17-10-2-4-11(5-3-10)20-16(23)12(15(22)19-20)7-9-1-6-13(18)14(8-9)21(24)25/h1-8H,(H,19,22)/b12-7+. The molecule has 0 atom stereocenters. The summed E-state index contributed by atoms with van der Waals surface area (Å²) in [7, 11) is 0. The van der Waals surface area contributed by atoms with Crippen molar-refractivity contribution in [1.29, 1.82) is 0 Å². The van der Waals surface area contributed by atoms with Crippen LogP contribution in [0.3, 0.4) is 0 Å². The molecule has 1 aliphatic rings. The van der Waals surface area contributed by atoms with Gasteiger partial charge < -0.3 is 0 Å². The Labute approximate surface area is 151 Å². The summed E-state index contributed by atoms with van der Waals surface area (Å²) in [6.45, 7) is 0. The number of hydrogen-bond donors (Lipinski definition) is 1. The molecular weight excluding hydrogens is 369 g/mol. The maximum Gasteiger partial charge on any atom is 0.288 e. The second-order valence-corrected chi connectivity index (χ2v) is 5.93. The highest BCUT2D eigenvalue weighted by Gasteiger charge is 2.34. The molecule has 1 N–H and O–H groups in total. The van der Waals surface area contributed by atoms with Crippen molar-refractivity contribution in [3.63, 3.8) is 0 Å². The quantitative estimate of drug-likeness (QED) is 0.384. The van der Waals surface area contributed by atoms with Crippen LogP contribution < -0.4 is 10.4 Å². The van der Waals surface area contributed by atoms with Crippen molar-refractivity contribution >= 4 is 52.5 Å². The second kappa shape index (κ2) is 6.54. The van der Waals surface area contributed by atoms with Crippen LogP contribution in [0.2, 0.25) is 10.0 Å². The minimum Gasteiger partial charge on any atom is -0.267 e. The van der Waals surface area contributed by atoms with Crippen molar-refractivity contribution in [2.24, 2.45) is 0 Å². The van der Waals surface area contributed by atoms with E-state index in [2.05, 4.69) is 5.43 Å². The lowest BCUT2D eigenvalue weighted by molar-refractivity contribution is -0.384. The van der Waals surface area contributed by atoms with Gasteiger partial charge in [0.25, 0.3) is 17.5 Å². The smallest absolute Gasteiger partial charge is 0.267 e. The molecule has 7 nitrogen and oxygen atoms in total. The minimum absolute atomic E-state index is 0.0304. The van der Waals surface area contributed by atoms with Gasteiger partial charge in [-0.15, -0.1) is 0 Å². The number of hydrazine groups is 1. The van der Waals surface area contributed by atoms with Gasteiger partial charge in [0.1, 0.15) is 10.6 Å². The number of nitrogens with zero attached hydrogens (tertiary/aromatic N) is 2. The molecule has 25 heavy (non-hydrogen) atoms. The number of anilines is 1. The van der Waals surface area contributed by atoms with Crippen LogP contribution in [0.25, 0.3) is 6.08 Å². The SMILES string of the molecule is O=C1NN(c2ccc(Cl)cc2)C(=O)/C1=C/c1ccc(Cl)c([N+](=O)[O-])c1. The van der Waals surface area contributed by atoms with Crippen molar-refractivity contribution < 1.29 is 14.5 Å². The maximum absolute atomic E-state index is 12.5. The Morgan fingerprint density at radius 1 is 1.08 bits per heavy atom. The lowest BCUT2D eigenvalue weighted by Gasteiger charge is -2.14. The van der Waals surface area contributed by atoms with E-state index in [1.807, 2.05) is 0 Å². The lowest BCUT2D eigenvalue weighted by Crippen LogP contribution is -2.35. The van der Waals surface area contributed by atoms with E-state index in [9.17, 15) is 19.7 Å². The predicted molar refractivity (Wildman–Crippen MR) is 93.2 cm³/mol. The summed E-state index contributed by atoms with van der Waals surface area (Å²) in [6, 6.07) is 10.3. The largest absolute Gasteiger partial charge is 0.288 e. The highest BCUT2D eigenvalue weighted by atomic mass is 35.5. The van der Waals surface area contributed by atoms with Crippen molar-refractivity contribution in [3.8, 4) is 0 Å². The van der Waals surface area contributed by atoms with Gasteiger partial charge >= 0.3 is 0 Å². The molecule has 2 amide bonds. The number of rotatable bonds is 3. The molecule has 126 valence electrons. The van der Waals surface area contributed by atoms with Gasteiger partial charge in [0.2, 0.25) is 0 Å². The van der Waals surface area contributed by atoms with E-state index in [4.69, 9.17) is 23.2 Å². The Morgan fingerprint density at radius 3 is 2.40 bits per heavy atom. The monoisotopic (exact) mass is 377 g/mol. The molecule has 0 aromatic heterocycles. The highest BCUT2D eigenvalue weighted by Crippen LogP contribution is 2.27. The Bertz CT molecular complexity index is 925. The van der Waals surface area contributed by atoms with E-state index in [-0.39, 0.29) is 16.3 Å². The summed E-state index contributed by atoms with van der Waals surface area (Å²) in [5.41, 5.74) is 2.73. The zero-order valence-electron chi connectivity index (χ0n) is 12.4. The van der Waals surface area contributed by atoms with Gasteiger partial charge in [0, 0.05) is 11.1 Å². The summed E-state index contributed by atoms with van der Waals surface area (Å²) in [5.74, 6) is -1.19. The number of carbonyl (C=O) groups is 2. The molecule has 3 rings (SSSR count). The fraction of sp³-hybridized carbons (Fsp3) is 0. The minimum atomic E-state index is -0.638. The van der Waals surface area contributed by atoms with Crippen LogP contribution in [-0.2, 0) is 9.59 Å². The average molecular weight is 378 g/mol. The number of nitrogens with one attached hydrogen (secondary N) is 1. The van der Waals surface area contributed by atoms with E-state index in [1.54, 1.807) is 24.3 Å². The summed E-state index contributed by atoms with van der Waals surface area (Å²) in [6.07, 6.45) is 1.27. The molecule has 1 saturated heterocycles. The molecule has 1 aliphatic heterocycles. The van der Waals surface area contributed by atoms with Crippen molar-refractivity contribution in [1.82, 2.24) is 5.43 Å². The molecule has 0 spiro atoms. The zero-order valence-corrected chi connectivity index (χ0v) is 13.9. The Balaban J connectivity index is 1.95. The lowest BCUT2D eigenvalue weighted by atomic mass is 10.1. The van der Waals surface area contributed by atoms with Crippen molar-refractivity contribution in [3.05, 3.63) is 73.8 Å². The molecule has 0 unspecified atom stereocenters. The van der Waals surface area contributed by atoms with Gasteiger partial charge in [0.15, 0.2) is 0 Å². The summed E-state index contributed by atoms with van der Waals surface area (Å²) in [4.78, 5) is 34.9. The molecule has 0 saturated carbocycles. The number of amides is 2. The number of nitro groups is 1. The topological polar surface area (TPSA) is 92.6 Å². The number of hydrogen-bond acceptors (Lipinski definition) is 4. The highest BCUT2D eigenvalue weighted by molar-refractivity contribution is 6.33. The maximum atomic E-state index is 12.5. The number of halogens is 2. The number of carbonyl (C=O) groups excluding carboxylic acids is 2. The van der Waals surface area contributed by atoms with Crippen molar-refractivity contribution in [2.75, 3.05) is 5.01 Å². The van der Waals surface area contributed by atoms with Crippen LogP contribution >= 0.6 is 23.2 Å². The third-order valence-corrected chi connectivity index (χ3v) is 4.03. The third-order valence-electron chi connectivity index (χ3n) is 3.45. The molecule has 2 aromatic carbocycles. The van der Waals surface area contributed by atoms with Crippen LogP contribution in [0.4, 0.5) is 11.4 Å². The van der Waals surface area contributed by atoms with Gasteiger partial charge in [-0.3, -0.25) is 25.1 Å². The van der Waals surface area contributed by atoms with Gasteiger partial charge in [-0.05, 0) is 42.0 Å². The number of benzene rings is 2. The fourth-order valence-electron chi connectivity index (χ4n) is 2.26. The van der Waals surface area contributed by atoms with E-state index in [0.29, 0.717) is 16.3 Å². The molecule has 0 bridgehead atoms. The fourth-order valence-corrected chi connectivity index (χ4v) is 2.57. The zero-order chi connectivity index (χ0) is 18.1. The van der Waals surface area contributed by atoms with Gasteiger partial charge in [0.05, 0.1) is 10.6 Å². The Kier molecular flexibility index (Phi) is 4.43. The first-order chi connectivity index (χ1) is 11.9. The van der Waals surface area contributed by atoms with Crippen LogP contribution in [0.1, 0.15) is 5.56 Å². The van der Waals surface area contributed by atoms with Gasteiger partial charge in [-0.1, -0.05) is 29.3 Å². The van der Waals surface area contributed by atoms with Crippen LogP contribution in [0, 0.1) is 10.1 Å². The Morgan fingerprint density at radius 2 is 1.76 bits per heavy atom. The molecular formula is C16H9Cl2N3O4. The first-order valence-corrected chi connectivity index (χ1v) is 7.69. The average Bonchev–Trinajstić information content (AvgIpc) is 2.85. The molecule has 1 heterocycles. The molecule has 0 aliphatic carbocycles. The summed E-state index contributed by atoms with van der Waals surface area (Å²) >= 11 is 11.6. The van der Waals surface area contributed by atoms with E-state index >= 15 is 0 Å². The van der Waals surface area contributed by atoms with E-state index in [1.165, 1.54) is 24.3 Å². The Hall–Kier alpha value is -2.90. The summed E-state index contributed by atoms with van der Waals surface area (Å²) in [5, 5.41) is 12.5. The number of nitro benzene ring substituents is 1. The molecule has 1 fully saturated rings. The van der Waals surface area contributed by atoms with Gasteiger partial charge in [-0.2, -0.15) is 0 Å². The van der Waals surface area contributed by atoms with Crippen LogP contribution in [0.5, 0.6) is 0 Å². The first-order valence-electron chi connectivity index (χ1n) is 6.93.